The molecule has 8 nitrogen and oxygen atoms in total. The first kappa shape index (κ1) is 24.6. The zero-order chi connectivity index (χ0) is 22.7. The SMILES string of the molecule is CN=C(NCCNS(=O)(=O)c1ccc(C)cc1)NCc1ccc(C)cc1OCCOC. The summed E-state index contributed by atoms with van der Waals surface area (Å²) >= 11 is 0. The van der Waals surface area contributed by atoms with Crippen molar-refractivity contribution in [2.75, 3.05) is 40.5 Å². The second kappa shape index (κ2) is 12.3. The van der Waals surface area contributed by atoms with Crippen LogP contribution < -0.4 is 20.1 Å². The standard InChI is InChI=1S/C22H32N4O4S/c1-17-6-9-20(10-7-17)31(27,28)26-12-11-24-22(23-3)25-16-19-8-5-18(2)15-21(19)30-14-13-29-4/h5-10,15,26H,11-14,16H2,1-4H3,(H2,23,24,25). The van der Waals surface area contributed by atoms with E-state index in [0.717, 1.165) is 22.4 Å². The molecule has 2 aromatic rings. The van der Waals surface area contributed by atoms with Gasteiger partial charge in [0.2, 0.25) is 10.0 Å². The van der Waals surface area contributed by atoms with Gasteiger partial charge in [0.1, 0.15) is 12.4 Å². The molecule has 170 valence electrons. The number of aryl methyl sites for hydroxylation is 2. The van der Waals surface area contributed by atoms with Gasteiger partial charge in [-0.15, -0.1) is 0 Å². The second-order valence-corrected chi connectivity index (χ2v) is 8.78. The summed E-state index contributed by atoms with van der Waals surface area (Å²) in [5.74, 6) is 1.36. The minimum Gasteiger partial charge on any atom is -0.491 e. The maximum Gasteiger partial charge on any atom is 0.240 e. The number of hydrogen-bond acceptors (Lipinski definition) is 5. The molecule has 2 aromatic carbocycles. The molecule has 0 radical (unpaired) electrons. The summed E-state index contributed by atoms with van der Waals surface area (Å²) in [5, 5.41) is 6.33. The van der Waals surface area contributed by atoms with Gasteiger partial charge in [-0.2, -0.15) is 0 Å². The molecule has 0 heterocycles. The molecule has 0 aliphatic rings. The Hall–Kier alpha value is -2.62. The Labute approximate surface area is 185 Å². The molecule has 0 fully saturated rings. The highest BCUT2D eigenvalue weighted by molar-refractivity contribution is 7.89. The molecule has 0 saturated carbocycles. The number of nitrogens with zero attached hydrogens (tertiary/aromatic N) is 1. The second-order valence-electron chi connectivity index (χ2n) is 7.02. The fourth-order valence-electron chi connectivity index (χ4n) is 2.74. The van der Waals surface area contributed by atoms with Gasteiger partial charge in [0.25, 0.3) is 0 Å². The summed E-state index contributed by atoms with van der Waals surface area (Å²) in [6.45, 7) is 6.04. The van der Waals surface area contributed by atoms with Gasteiger partial charge in [-0.3, -0.25) is 4.99 Å². The molecule has 0 aromatic heterocycles. The Bertz CT molecular complexity index is 960. The number of benzene rings is 2. The first-order valence-electron chi connectivity index (χ1n) is 10.1. The average Bonchev–Trinajstić information content (AvgIpc) is 2.75. The third-order valence-corrected chi connectivity index (χ3v) is 5.96. The number of hydrogen-bond donors (Lipinski definition) is 3. The van der Waals surface area contributed by atoms with Crippen LogP contribution in [0.5, 0.6) is 5.75 Å². The van der Waals surface area contributed by atoms with Gasteiger partial charge in [0.05, 0.1) is 11.5 Å². The predicted octanol–water partition coefficient (Wildman–Crippen LogP) is 1.97. The number of rotatable bonds is 11. The molecule has 2 rings (SSSR count). The van der Waals surface area contributed by atoms with Gasteiger partial charge in [0.15, 0.2) is 5.96 Å². The smallest absolute Gasteiger partial charge is 0.240 e. The van der Waals surface area contributed by atoms with E-state index in [-0.39, 0.29) is 11.4 Å². The molecule has 0 amide bonds. The van der Waals surface area contributed by atoms with Gasteiger partial charge in [-0.1, -0.05) is 29.8 Å². The lowest BCUT2D eigenvalue weighted by Gasteiger charge is -2.15. The van der Waals surface area contributed by atoms with Crippen molar-refractivity contribution in [1.29, 1.82) is 0 Å². The van der Waals surface area contributed by atoms with Crippen LogP contribution in [0.2, 0.25) is 0 Å². The predicted molar refractivity (Wildman–Crippen MR) is 123 cm³/mol. The van der Waals surface area contributed by atoms with E-state index in [0.29, 0.717) is 32.3 Å². The normalized spacial score (nSPS) is 11.9. The van der Waals surface area contributed by atoms with E-state index in [4.69, 9.17) is 9.47 Å². The number of ether oxygens (including phenoxy) is 2. The van der Waals surface area contributed by atoms with Gasteiger partial charge >= 0.3 is 0 Å². The number of nitrogens with one attached hydrogen (secondary N) is 3. The van der Waals surface area contributed by atoms with E-state index in [9.17, 15) is 8.42 Å². The topological polar surface area (TPSA) is 101 Å². The monoisotopic (exact) mass is 448 g/mol. The van der Waals surface area contributed by atoms with Gasteiger partial charge in [-0.05, 0) is 37.6 Å². The quantitative estimate of drug-likeness (QED) is 0.276. The van der Waals surface area contributed by atoms with Crippen molar-refractivity contribution in [3.8, 4) is 5.75 Å². The molecule has 3 N–H and O–H groups in total. The van der Waals surface area contributed by atoms with Crippen LogP contribution >= 0.6 is 0 Å². The van der Waals surface area contributed by atoms with Crippen molar-refractivity contribution in [2.24, 2.45) is 4.99 Å². The minimum atomic E-state index is -3.53. The summed E-state index contributed by atoms with van der Waals surface area (Å²) < 4.78 is 38.1. The van der Waals surface area contributed by atoms with Crippen molar-refractivity contribution in [1.82, 2.24) is 15.4 Å². The summed E-state index contributed by atoms with van der Waals surface area (Å²) in [5.41, 5.74) is 3.11. The molecule has 0 spiro atoms. The third-order valence-electron chi connectivity index (χ3n) is 4.48. The van der Waals surface area contributed by atoms with Crippen LogP contribution in [0.4, 0.5) is 0 Å². The fraction of sp³-hybridized carbons (Fsp3) is 0.409. The van der Waals surface area contributed by atoms with E-state index in [1.807, 2.05) is 32.0 Å². The lowest BCUT2D eigenvalue weighted by Crippen LogP contribution is -2.41. The van der Waals surface area contributed by atoms with Crippen LogP contribution in [0.25, 0.3) is 0 Å². The highest BCUT2D eigenvalue weighted by Gasteiger charge is 2.12. The summed E-state index contributed by atoms with van der Waals surface area (Å²) in [6.07, 6.45) is 0. The van der Waals surface area contributed by atoms with Crippen molar-refractivity contribution >= 4 is 16.0 Å². The molecular formula is C22H32N4O4S. The van der Waals surface area contributed by atoms with Crippen LogP contribution in [0.3, 0.4) is 0 Å². The van der Waals surface area contributed by atoms with Crippen LogP contribution in [0.15, 0.2) is 52.4 Å². The summed E-state index contributed by atoms with van der Waals surface area (Å²) in [4.78, 5) is 4.43. The van der Waals surface area contributed by atoms with E-state index in [1.165, 1.54) is 0 Å². The average molecular weight is 449 g/mol. The largest absolute Gasteiger partial charge is 0.491 e. The Balaban J connectivity index is 1.83. The highest BCUT2D eigenvalue weighted by atomic mass is 32.2. The first-order valence-corrected chi connectivity index (χ1v) is 11.6. The van der Waals surface area contributed by atoms with Gasteiger partial charge in [0, 0.05) is 39.4 Å². The number of sulfonamides is 1. The molecule has 0 aliphatic heterocycles. The Kier molecular flexibility index (Phi) is 9.77. The van der Waals surface area contributed by atoms with Crippen molar-refractivity contribution in [3.05, 3.63) is 59.2 Å². The van der Waals surface area contributed by atoms with Crippen LogP contribution in [0.1, 0.15) is 16.7 Å². The summed E-state index contributed by atoms with van der Waals surface area (Å²) in [7, 11) is -0.234. The maximum atomic E-state index is 12.3. The van der Waals surface area contributed by atoms with Crippen molar-refractivity contribution < 1.29 is 17.9 Å². The van der Waals surface area contributed by atoms with Crippen LogP contribution in [0, 0.1) is 13.8 Å². The lowest BCUT2D eigenvalue weighted by atomic mass is 10.1. The van der Waals surface area contributed by atoms with Gasteiger partial charge < -0.3 is 20.1 Å². The van der Waals surface area contributed by atoms with Gasteiger partial charge in [-0.25, -0.2) is 13.1 Å². The molecule has 0 bridgehead atoms. The van der Waals surface area contributed by atoms with Crippen molar-refractivity contribution in [3.63, 3.8) is 0 Å². The minimum absolute atomic E-state index is 0.229. The molecule has 9 heteroatoms. The highest BCUT2D eigenvalue weighted by Crippen LogP contribution is 2.20. The Morgan fingerprint density at radius 1 is 0.968 bits per heavy atom. The first-order chi connectivity index (χ1) is 14.9. The Morgan fingerprint density at radius 2 is 1.68 bits per heavy atom. The molecule has 0 saturated heterocycles. The number of guanidine groups is 1. The zero-order valence-corrected chi connectivity index (χ0v) is 19.4. The fourth-order valence-corrected chi connectivity index (χ4v) is 3.78. The molecule has 31 heavy (non-hydrogen) atoms. The van der Waals surface area contributed by atoms with E-state index in [1.54, 1.807) is 38.4 Å². The maximum absolute atomic E-state index is 12.3. The molecule has 0 unspecified atom stereocenters. The number of aliphatic imine (C=N–C) groups is 1. The van der Waals surface area contributed by atoms with Crippen LogP contribution in [-0.4, -0.2) is 54.8 Å². The van der Waals surface area contributed by atoms with Crippen molar-refractivity contribution in [2.45, 2.75) is 25.3 Å². The van der Waals surface area contributed by atoms with E-state index in [2.05, 4.69) is 20.3 Å². The summed E-state index contributed by atoms with van der Waals surface area (Å²) in [6, 6.07) is 12.8. The molecule has 0 atom stereocenters. The lowest BCUT2D eigenvalue weighted by molar-refractivity contribution is 0.145. The third kappa shape index (κ3) is 8.20. The van der Waals surface area contributed by atoms with E-state index >= 15 is 0 Å². The zero-order valence-electron chi connectivity index (χ0n) is 18.6. The molecule has 0 aliphatic carbocycles. The van der Waals surface area contributed by atoms with Crippen LogP contribution in [-0.2, 0) is 21.3 Å². The molecular weight excluding hydrogens is 416 g/mol. The van der Waals surface area contributed by atoms with E-state index < -0.39 is 10.0 Å². The Morgan fingerprint density at radius 3 is 2.35 bits per heavy atom. The number of methoxy groups -OCH3 is 1.